The fourth-order valence-corrected chi connectivity index (χ4v) is 5.89. The summed E-state index contributed by atoms with van der Waals surface area (Å²) in [5.74, 6) is 0. The highest BCUT2D eigenvalue weighted by Crippen LogP contribution is 2.43. The van der Waals surface area contributed by atoms with E-state index in [1.807, 2.05) is 64.2 Å². The molecule has 10 nitrogen and oxygen atoms in total. The summed E-state index contributed by atoms with van der Waals surface area (Å²) in [5, 5.41) is 3.65. The number of nitrogens with one attached hydrogen (secondary N) is 1. The van der Waals surface area contributed by atoms with Crippen LogP contribution in [0.15, 0.2) is 61.2 Å². The van der Waals surface area contributed by atoms with Gasteiger partial charge >= 0.3 is 12.2 Å². The summed E-state index contributed by atoms with van der Waals surface area (Å²) < 4.78 is 11.2. The van der Waals surface area contributed by atoms with E-state index < -0.39 is 17.7 Å². The number of aromatic nitrogens is 1. The summed E-state index contributed by atoms with van der Waals surface area (Å²) in [6, 6.07) is 8.77. The molecule has 1 aliphatic heterocycles. The first-order chi connectivity index (χ1) is 21.0. The predicted octanol–water partition coefficient (Wildman–Crippen LogP) is 5.36. The zero-order valence-electron chi connectivity index (χ0n) is 25.8. The number of carbonyl (C=O) groups excluding carboxylic acids is 2. The number of likely N-dealkylation sites (N-methyl/N-ethyl adjacent to an activating group) is 1. The van der Waals surface area contributed by atoms with Crippen LogP contribution in [0.2, 0.25) is 5.02 Å². The molecule has 0 unspecified atom stereocenters. The Bertz CT molecular complexity index is 1480. The molecule has 44 heavy (non-hydrogen) atoms. The molecule has 234 valence electrons. The molecule has 2 aliphatic carbocycles. The molecule has 2 amide bonds. The van der Waals surface area contributed by atoms with Crippen molar-refractivity contribution in [1.29, 1.82) is 0 Å². The van der Waals surface area contributed by atoms with Gasteiger partial charge in [-0.15, -0.1) is 0 Å². The summed E-state index contributed by atoms with van der Waals surface area (Å²) in [6.45, 7) is 11.8. The molecule has 3 aliphatic rings. The number of rotatable bonds is 8. The number of benzene rings is 1. The third kappa shape index (κ3) is 6.71. The Labute approximate surface area is 264 Å². The lowest BCUT2D eigenvalue weighted by Gasteiger charge is -2.39. The third-order valence-electron chi connectivity index (χ3n) is 8.35. The van der Waals surface area contributed by atoms with Gasteiger partial charge in [0.05, 0.1) is 29.6 Å². The lowest BCUT2D eigenvalue weighted by atomic mass is 9.89. The number of fused-ring (bicyclic) bond motifs is 2. The molecule has 2 aromatic rings. The number of amides is 2. The number of hydrogen-bond donors (Lipinski definition) is 2. The van der Waals surface area contributed by atoms with Gasteiger partial charge in [0, 0.05) is 50.6 Å². The Morgan fingerprint density at radius 2 is 1.95 bits per heavy atom. The molecule has 1 saturated heterocycles. The smallest absolute Gasteiger partial charge is 0.410 e. The number of nitrogens with zero attached hydrogens (tertiary/aromatic N) is 4. The quantitative estimate of drug-likeness (QED) is 0.405. The van der Waals surface area contributed by atoms with Crippen LogP contribution in [0, 0.1) is 0 Å². The molecule has 1 aromatic heterocycles. The first kappa shape index (κ1) is 31.4. The topological polar surface area (TPSA) is 113 Å². The molecule has 3 N–H and O–H groups in total. The van der Waals surface area contributed by atoms with Gasteiger partial charge in [-0.2, -0.15) is 0 Å². The van der Waals surface area contributed by atoms with E-state index in [1.165, 1.54) is 6.20 Å². The number of halogens is 1. The van der Waals surface area contributed by atoms with E-state index in [0.717, 1.165) is 40.8 Å². The second-order valence-corrected chi connectivity index (χ2v) is 12.4. The normalized spacial score (nSPS) is 20.0. The number of carbonyl (C=O) groups is 2. The van der Waals surface area contributed by atoms with Crippen molar-refractivity contribution in [1.82, 2.24) is 25.0 Å². The van der Waals surface area contributed by atoms with Crippen LogP contribution in [0.3, 0.4) is 0 Å². The van der Waals surface area contributed by atoms with Gasteiger partial charge in [0.25, 0.3) is 0 Å². The molecule has 2 fully saturated rings. The Kier molecular flexibility index (Phi) is 9.22. The number of pyridine rings is 1. The average molecular weight is 621 g/mol. The van der Waals surface area contributed by atoms with E-state index in [4.69, 9.17) is 31.8 Å². The van der Waals surface area contributed by atoms with Crippen LogP contribution in [0.4, 0.5) is 9.59 Å². The standard InChI is InChI=1S/C33H41ClN6O4/c1-6-38(5)27(20-35)29(37-31(41)44-33(4)11-12-33)26-18-22-8-7-13-36-28(22)30(24-10-9-23(34)19-25(24)26)39-14-16-40(17-15-39)32(42)43-21(2)3/h6-10,13,18-21,29-30H,1,11-12,14-17,35H2,2-5H3,(H,37,41)/b27-20-/t29-,30+/m1/s1. The maximum atomic E-state index is 13.3. The first-order valence-corrected chi connectivity index (χ1v) is 15.3. The van der Waals surface area contributed by atoms with E-state index in [-0.39, 0.29) is 18.2 Å². The van der Waals surface area contributed by atoms with Crippen LogP contribution in [-0.2, 0) is 9.47 Å². The van der Waals surface area contributed by atoms with E-state index in [2.05, 4.69) is 16.8 Å². The zero-order chi connectivity index (χ0) is 31.6. The summed E-state index contributed by atoms with van der Waals surface area (Å²) in [6.07, 6.45) is 7.56. The predicted molar refractivity (Wildman–Crippen MR) is 171 cm³/mol. The fraction of sp³-hybridized carbons (Fsp3) is 0.424. The van der Waals surface area contributed by atoms with E-state index in [0.29, 0.717) is 36.9 Å². The van der Waals surface area contributed by atoms with Gasteiger partial charge in [-0.3, -0.25) is 9.88 Å². The molecule has 11 heteroatoms. The van der Waals surface area contributed by atoms with E-state index in [1.54, 1.807) is 22.2 Å². The van der Waals surface area contributed by atoms with Crippen molar-refractivity contribution in [2.45, 2.75) is 57.4 Å². The van der Waals surface area contributed by atoms with Gasteiger partial charge in [0.1, 0.15) is 5.60 Å². The molecule has 0 radical (unpaired) electrons. The second-order valence-electron chi connectivity index (χ2n) is 12.0. The van der Waals surface area contributed by atoms with Crippen LogP contribution in [0.5, 0.6) is 0 Å². The summed E-state index contributed by atoms with van der Waals surface area (Å²) in [7, 11) is 1.83. The van der Waals surface area contributed by atoms with Crippen molar-refractivity contribution < 1.29 is 19.1 Å². The molecule has 2 heterocycles. The molecule has 5 rings (SSSR count). The fourth-order valence-electron chi connectivity index (χ4n) is 5.72. The molecule has 2 atom stereocenters. The highest BCUT2D eigenvalue weighted by Gasteiger charge is 2.43. The minimum atomic E-state index is -0.704. The van der Waals surface area contributed by atoms with Gasteiger partial charge in [-0.05, 0) is 86.4 Å². The van der Waals surface area contributed by atoms with Crippen LogP contribution in [0.25, 0.3) is 11.6 Å². The monoisotopic (exact) mass is 620 g/mol. The zero-order valence-corrected chi connectivity index (χ0v) is 26.5. The summed E-state index contributed by atoms with van der Waals surface area (Å²) >= 11 is 6.65. The van der Waals surface area contributed by atoms with Crippen LogP contribution < -0.4 is 11.1 Å². The molecule has 1 aromatic carbocycles. The number of alkyl carbamates (subject to hydrolysis) is 1. The van der Waals surface area contributed by atoms with Crippen LogP contribution in [-0.4, -0.2) is 82.8 Å². The maximum Gasteiger partial charge on any atom is 0.410 e. The van der Waals surface area contributed by atoms with Gasteiger partial charge in [0.2, 0.25) is 0 Å². The molecule has 1 saturated carbocycles. The van der Waals surface area contributed by atoms with Crippen LogP contribution in [0.1, 0.15) is 62.0 Å². The van der Waals surface area contributed by atoms with Crippen molar-refractivity contribution in [3.63, 3.8) is 0 Å². The highest BCUT2D eigenvalue weighted by atomic mass is 35.5. The maximum absolute atomic E-state index is 13.3. The largest absolute Gasteiger partial charge is 0.447 e. The molecular weight excluding hydrogens is 580 g/mol. The first-order valence-electron chi connectivity index (χ1n) is 15.0. The minimum Gasteiger partial charge on any atom is -0.447 e. The number of piperazine rings is 1. The summed E-state index contributed by atoms with van der Waals surface area (Å²) in [4.78, 5) is 36.6. The molecule has 0 spiro atoms. The summed E-state index contributed by atoms with van der Waals surface area (Å²) in [5.41, 5.74) is 10.7. The molecule has 0 bridgehead atoms. The lowest BCUT2D eigenvalue weighted by molar-refractivity contribution is 0.0513. The number of hydrogen-bond acceptors (Lipinski definition) is 8. The van der Waals surface area contributed by atoms with Crippen molar-refractivity contribution in [3.8, 4) is 0 Å². The van der Waals surface area contributed by atoms with E-state index in [9.17, 15) is 9.59 Å². The Balaban J connectivity index is 1.58. The van der Waals surface area contributed by atoms with E-state index >= 15 is 0 Å². The number of ether oxygens (including phenoxy) is 2. The average Bonchev–Trinajstić information content (AvgIpc) is 3.75. The lowest BCUT2D eigenvalue weighted by Crippen LogP contribution is -2.50. The van der Waals surface area contributed by atoms with Gasteiger partial charge in [0.15, 0.2) is 0 Å². The Hall–Kier alpha value is -4.02. The minimum absolute atomic E-state index is 0.182. The van der Waals surface area contributed by atoms with Crippen molar-refractivity contribution in [2.24, 2.45) is 5.73 Å². The Morgan fingerprint density at radius 3 is 2.59 bits per heavy atom. The molecular formula is C33H41ClN6O4. The SMILES string of the molecule is C=CN(C)/C(=C\N)[C@H](NC(=O)OC1(C)CC1)C1=Cc2cccnc2[C@@H](N2CCN(C(=O)OC(C)C)CC2)c2ccc(Cl)cc21. The Morgan fingerprint density at radius 1 is 1.23 bits per heavy atom. The van der Waals surface area contributed by atoms with Gasteiger partial charge in [-0.1, -0.05) is 30.3 Å². The van der Waals surface area contributed by atoms with Gasteiger partial charge < -0.3 is 30.3 Å². The van der Waals surface area contributed by atoms with Crippen molar-refractivity contribution in [2.75, 3.05) is 33.2 Å². The third-order valence-corrected chi connectivity index (χ3v) is 8.59. The number of nitrogens with two attached hydrogens (primary N) is 1. The van der Waals surface area contributed by atoms with Gasteiger partial charge in [-0.25, -0.2) is 9.59 Å². The van der Waals surface area contributed by atoms with Crippen molar-refractivity contribution >= 4 is 35.4 Å². The highest BCUT2D eigenvalue weighted by molar-refractivity contribution is 6.30. The van der Waals surface area contributed by atoms with Crippen molar-refractivity contribution in [3.05, 3.63) is 88.6 Å². The second kappa shape index (κ2) is 12.9. The van der Waals surface area contributed by atoms with Crippen LogP contribution >= 0.6 is 11.6 Å².